The number of aromatic nitrogens is 2. The first kappa shape index (κ1) is 8.55. The fourth-order valence-electron chi connectivity index (χ4n) is 2.10. The van der Waals surface area contributed by atoms with E-state index in [-0.39, 0.29) is 12.3 Å². The Bertz CT molecular complexity index is 670. The molecule has 0 radical (unpaired) electrons. The van der Waals surface area contributed by atoms with Crippen molar-refractivity contribution < 1.29 is 19.5 Å². The Kier molecular flexibility index (Phi) is 1.67. The van der Waals surface area contributed by atoms with Crippen LogP contribution in [0.25, 0.3) is 0 Å². The number of hydrogen-bond donors (Lipinski definition) is 0. The zero-order chi connectivity index (χ0) is 17.4. The van der Waals surface area contributed by atoms with Crippen LogP contribution in [0.15, 0.2) is 4.52 Å². The van der Waals surface area contributed by atoms with Crippen LogP contribution in [0.2, 0.25) is 0 Å². The molecule has 6 nitrogen and oxygen atoms in total. The Morgan fingerprint density at radius 1 is 1.63 bits per heavy atom. The van der Waals surface area contributed by atoms with Crippen molar-refractivity contribution in [2.24, 2.45) is 5.92 Å². The van der Waals surface area contributed by atoms with Gasteiger partial charge in [0.1, 0.15) is 5.60 Å². The highest BCUT2D eigenvalue weighted by Crippen LogP contribution is 2.58. The average molecular weight is 269 g/mol. The average Bonchev–Trinajstić information content (AvgIpc) is 2.94. The minimum absolute atomic E-state index is 0.0277. The van der Waals surface area contributed by atoms with E-state index in [1.165, 1.54) is 0 Å². The molecule has 2 unspecified atom stereocenters. The zero-order valence-electron chi connectivity index (χ0n) is 15.4. The first-order chi connectivity index (χ1) is 10.3. The second kappa shape index (κ2) is 3.71. The predicted octanol–water partition coefficient (Wildman–Crippen LogP) is 1.89. The van der Waals surface area contributed by atoms with Crippen LogP contribution in [0, 0.1) is 12.8 Å². The van der Waals surface area contributed by atoms with Crippen molar-refractivity contribution in [2.45, 2.75) is 45.1 Å². The van der Waals surface area contributed by atoms with Crippen molar-refractivity contribution in [2.75, 3.05) is 13.0 Å². The summed E-state index contributed by atoms with van der Waals surface area (Å²) in [7, 11) is 0. The first-order valence-electron chi connectivity index (χ1n) is 8.18. The molecule has 1 amide bonds. The van der Waals surface area contributed by atoms with E-state index in [9.17, 15) is 4.79 Å². The fraction of sp³-hybridized carbons (Fsp3) is 0.769. The van der Waals surface area contributed by atoms with Crippen LogP contribution in [0.3, 0.4) is 0 Å². The van der Waals surface area contributed by atoms with Gasteiger partial charge in [0, 0.05) is 15.7 Å². The van der Waals surface area contributed by atoms with Gasteiger partial charge in [-0.25, -0.2) is 4.79 Å². The van der Waals surface area contributed by atoms with E-state index < -0.39 is 36.0 Å². The largest absolute Gasteiger partial charge is 0.444 e. The van der Waals surface area contributed by atoms with Crippen molar-refractivity contribution in [1.29, 1.82) is 0 Å². The van der Waals surface area contributed by atoms with Crippen LogP contribution < -0.4 is 0 Å². The molecule has 0 bridgehead atoms. The number of rotatable bonds is 1. The van der Waals surface area contributed by atoms with Crippen LogP contribution in [0.1, 0.15) is 44.4 Å². The number of amides is 1. The molecule has 1 saturated carbocycles. The quantitative estimate of drug-likeness (QED) is 0.778. The maximum Gasteiger partial charge on any atom is 0.410 e. The molecule has 1 aromatic rings. The molecule has 104 valence electrons. The highest BCUT2D eigenvalue weighted by atomic mass is 16.6. The van der Waals surface area contributed by atoms with Gasteiger partial charge in [-0.1, -0.05) is 5.16 Å². The normalized spacial score (nSPS) is 37.7. The third kappa shape index (κ3) is 2.09. The van der Waals surface area contributed by atoms with Crippen molar-refractivity contribution in [3.05, 3.63) is 11.7 Å². The second-order valence-electron chi connectivity index (χ2n) is 5.93. The van der Waals surface area contributed by atoms with Crippen molar-refractivity contribution in [3.8, 4) is 0 Å². The van der Waals surface area contributed by atoms with E-state index in [1.807, 2.05) is 0 Å². The molecular formula is C13H19N3O3. The van der Waals surface area contributed by atoms with Gasteiger partial charge < -0.3 is 14.2 Å². The highest BCUT2D eigenvalue weighted by Gasteiger charge is 2.65. The van der Waals surface area contributed by atoms with Crippen LogP contribution in [0.4, 0.5) is 4.79 Å². The van der Waals surface area contributed by atoms with Gasteiger partial charge in [0.05, 0.1) is 8.16 Å². The number of carbonyl (C=O) groups is 1. The topological polar surface area (TPSA) is 68.5 Å². The van der Waals surface area contributed by atoms with Gasteiger partial charge in [-0.05, 0) is 40.0 Å². The van der Waals surface area contributed by atoms with Gasteiger partial charge in [-0.15, -0.1) is 0 Å². The highest BCUT2D eigenvalue weighted by molar-refractivity contribution is 5.69. The van der Waals surface area contributed by atoms with Crippen LogP contribution in [-0.2, 0) is 10.2 Å². The smallest absolute Gasteiger partial charge is 0.410 e. The van der Waals surface area contributed by atoms with E-state index >= 15 is 0 Å². The maximum atomic E-state index is 12.4. The molecular weight excluding hydrogens is 246 g/mol. The monoisotopic (exact) mass is 269 g/mol. The molecule has 3 rings (SSSR count). The van der Waals surface area contributed by atoms with E-state index in [4.69, 9.17) is 14.7 Å². The molecule has 2 atom stereocenters. The van der Waals surface area contributed by atoms with Crippen molar-refractivity contribution >= 4 is 6.09 Å². The second-order valence-corrected chi connectivity index (χ2v) is 5.93. The third-order valence-electron chi connectivity index (χ3n) is 3.04. The summed E-state index contributed by atoms with van der Waals surface area (Å²) in [6.07, 6.45) is -0.830. The van der Waals surface area contributed by atoms with Gasteiger partial charge in [0.15, 0.2) is 5.82 Å². The summed E-state index contributed by atoms with van der Waals surface area (Å²) in [6, 6.07) is 0. The predicted molar refractivity (Wildman–Crippen MR) is 66.6 cm³/mol. The summed E-state index contributed by atoms with van der Waals surface area (Å²) < 4.78 is 43.6. The lowest BCUT2D eigenvalue weighted by Crippen LogP contribution is -2.37. The van der Waals surface area contributed by atoms with Crippen LogP contribution >= 0.6 is 0 Å². The molecule has 6 heteroatoms. The van der Waals surface area contributed by atoms with E-state index in [2.05, 4.69) is 10.1 Å². The summed E-state index contributed by atoms with van der Waals surface area (Å²) in [5.74, 6) is -0.385. The van der Waals surface area contributed by atoms with Gasteiger partial charge in [-0.3, -0.25) is 0 Å². The summed E-state index contributed by atoms with van der Waals surface area (Å²) in [5.41, 5.74) is -2.18. The minimum Gasteiger partial charge on any atom is -0.444 e. The maximum absolute atomic E-state index is 12.4. The summed E-state index contributed by atoms with van der Waals surface area (Å²) >= 11 is 0. The summed E-state index contributed by atoms with van der Waals surface area (Å²) in [5, 5.41) is 3.67. The molecule has 1 aromatic heterocycles. The zero-order valence-corrected chi connectivity index (χ0v) is 11.4. The molecule has 2 heterocycles. The van der Waals surface area contributed by atoms with E-state index in [1.54, 1.807) is 27.7 Å². The number of piperidine rings is 1. The summed E-state index contributed by atoms with van der Waals surface area (Å²) in [6.45, 7) is 2.00. The Labute approximate surface area is 117 Å². The molecule has 1 aliphatic carbocycles. The minimum atomic E-state index is -2.33. The Morgan fingerprint density at radius 2 is 2.37 bits per heavy atom. The molecule has 0 spiro atoms. The number of ether oxygens (including phenoxy) is 1. The Balaban J connectivity index is 2.02. The number of likely N-dealkylation sites (tertiary alicyclic amines) is 1. The number of aryl methyl sites for hydroxylation is 1. The lowest BCUT2D eigenvalue weighted by Gasteiger charge is -2.25. The third-order valence-corrected chi connectivity index (χ3v) is 3.04. The Hall–Kier alpha value is -1.59. The van der Waals surface area contributed by atoms with E-state index in [0.29, 0.717) is 10.7 Å². The number of fused-ring (bicyclic) bond motifs is 1. The molecule has 2 aliphatic rings. The lowest BCUT2D eigenvalue weighted by atomic mass is 10.1. The van der Waals surface area contributed by atoms with Gasteiger partial charge >= 0.3 is 6.09 Å². The number of carbonyl (C=O) groups excluding carboxylic acids is 1. The fourth-order valence-corrected chi connectivity index (χ4v) is 2.10. The van der Waals surface area contributed by atoms with E-state index in [0.717, 1.165) is 0 Å². The van der Waals surface area contributed by atoms with Gasteiger partial charge in [0.25, 0.3) is 0 Å². The van der Waals surface area contributed by atoms with Crippen LogP contribution in [-0.4, -0.2) is 39.7 Å². The Morgan fingerprint density at radius 3 is 2.95 bits per heavy atom. The molecule has 0 aromatic carbocycles. The molecule has 1 aliphatic heterocycles. The molecule has 2 fully saturated rings. The van der Waals surface area contributed by atoms with Gasteiger partial charge in [0.2, 0.25) is 5.89 Å². The summed E-state index contributed by atoms with van der Waals surface area (Å²) in [4.78, 5) is 17.0. The lowest BCUT2D eigenvalue weighted by molar-refractivity contribution is 0.0268. The van der Waals surface area contributed by atoms with Crippen molar-refractivity contribution in [3.63, 3.8) is 0 Å². The standard InChI is InChI=1S/C13H19N3O3/c1-8-14-10(19-15-8)13-5-9(13)6-16(7-13)11(17)18-12(2,3)4/h9H,5-7H2,1-4H3/i6D2,7D2. The van der Waals surface area contributed by atoms with Crippen molar-refractivity contribution in [1.82, 2.24) is 15.0 Å². The molecule has 0 N–H and O–H groups in total. The number of nitrogens with zero attached hydrogens (tertiary/aromatic N) is 3. The van der Waals surface area contributed by atoms with Crippen LogP contribution in [0.5, 0.6) is 0 Å². The number of hydrogen-bond acceptors (Lipinski definition) is 5. The SMILES string of the molecule is [2H]C1([2H])C2CC2(c2nc(C)no2)C([2H])([2H])N1C(=O)OC(C)(C)C. The molecule has 1 saturated heterocycles. The molecule has 19 heavy (non-hydrogen) atoms. The first-order valence-corrected chi connectivity index (χ1v) is 6.18. The van der Waals surface area contributed by atoms with Gasteiger partial charge in [-0.2, -0.15) is 4.98 Å².